The van der Waals surface area contributed by atoms with Gasteiger partial charge in [0.1, 0.15) is 11.2 Å². The predicted molar refractivity (Wildman–Crippen MR) is 434 cm³/mol. The topological polar surface area (TPSA) is 32.9 Å². The number of nitrogens with zero attached hydrogens (tertiary/aromatic N) is 4. The smallest absolute Gasteiger partial charge is 0.143 e. The maximum atomic E-state index is 8.74. The molecule has 5 heteroatoms. The Bertz CT molecular complexity index is 7460. The second kappa shape index (κ2) is 23.5. The molecule has 103 heavy (non-hydrogen) atoms. The second-order valence-electron chi connectivity index (χ2n) is 26.7. The lowest BCUT2D eigenvalue weighted by atomic mass is 10.0. The molecule has 0 aliphatic rings. The molecule has 0 atom stereocenters. The van der Waals surface area contributed by atoms with Gasteiger partial charge in [-0.1, -0.05) is 249 Å². The first-order valence-electron chi connectivity index (χ1n) is 37.5. The zero-order valence-corrected chi connectivity index (χ0v) is 55.6. The molecule has 0 fully saturated rings. The monoisotopic (exact) mass is 1320 g/mol. The molecule has 0 aliphatic heterocycles. The van der Waals surface area contributed by atoms with Crippen molar-refractivity contribution in [3.05, 3.63) is 376 Å². The molecule has 22 aromatic rings. The second-order valence-corrected chi connectivity index (χ2v) is 26.7. The Balaban J connectivity index is 0.000000138. The van der Waals surface area contributed by atoms with Gasteiger partial charge in [-0.3, -0.25) is 0 Å². The fourth-order valence-corrected chi connectivity index (χ4v) is 16.4. The van der Waals surface area contributed by atoms with Crippen LogP contribution in [0.4, 0.5) is 0 Å². The van der Waals surface area contributed by atoms with Crippen molar-refractivity contribution in [2.45, 2.75) is 0 Å². The normalized spacial score (nSPS) is 12.6. The van der Waals surface area contributed by atoms with E-state index in [1.54, 1.807) is 4.57 Å². The first-order chi connectivity index (χ1) is 53.1. The molecule has 5 aromatic heterocycles. The molecular weight excluding hydrogens is 1250 g/mol. The van der Waals surface area contributed by atoms with Crippen LogP contribution in [-0.4, -0.2) is 18.3 Å². The highest BCUT2D eigenvalue weighted by Gasteiger charge is 2.21. The molecule has 5 nitrogen and oxygen atoms in total. The molecule has 0 N–H and O–H groups in total. The van der Waals surface area contributed by atoms with E-state index in [1.165, 1.54) is 93.1 Å². The Labute approximate surface area is 600 Å². The molecule has 0 saturated carbocycles. The van der Waals surface area contributed by atoms with Crippen LogP contribution in [0.1, 0.15) is 6.85 Å². The van der Waals surface area contributed by atoms with E-state index < -0.39 is 6.04 Å². The summed E-state index contributed by atoms with van der Waals surface area (Å²) in [6.45, 7) is 0. The number of furan rings is 1. The quantitative estimate of drug-likeness (QED) is 0.140. The molecule has 0 unspecified atom stereocenters. The molecule has 17 aromatic carbocycles. The minimum absolute atomic E-state index is 0.142. The third-order valence-electron chi connectivity index (χ3n) is 21.1. The molecular formula is C98H62N4O. The van der Waals surface area contributed by atoms with E-state index in [9.17, 15) is 0 Å². The Morgan fingerprint density at radius 1 is 0.204 bits per heavy atom. The van der Waals surface area contributed by atoms with Gasteiger partial charge in [0.25, 0.3) is 0 Å². The van der Waals surface area contributed by atoms with Crippen LogP contribution in [-0.2, 0) is 0 Å². The van der Waals surface area contributed by atoms with Gasteiger partial charge in [-0.15, -0.1) is 0 Å². The molecule has 0 amide bonds. The van der Waals surface area contributed by atoms with Gasteiger partial charge in [0.2, 0.25) is 0 Å². The molecule has 0 bridgehead atoms. The van der Waals surface area contributed by atoms with Crippen molar-refractivity contribution in [3.8, 4) is 67.3 Å². The lowest BCUT2D eigenvalue weighted by Gasteiger charge is -2.11. The summed E-state index contributed by atoms with van der Waals surface area (Å²) in [6, 6.07) is 122. The Morgan fingerprint density at radius 2 is 0.573 bits per heavy atom. The summed E-state index contributed by atoms with van der Waals surface area (Å²) in [5.41, 5.74) is 23.0. The first-order valence-corrected chi connectivity index (χ1v) is 35.0. The van der Waals surface area contributed by atoms with Gasteiger partial charge in [-0.25, -0.2) is 0 Å². The number of rotatable bonds is 8. The highest BCUT2D eigenvalue weighted by Crippen LogP contribution is 2.43. The van der Waals surface area contributed by atoms with Crippen molar-refractivity contribution in [1.82, 2.24) is 18.3 Å². The third-order valence-corrected chi connectivity index (χ3v) is 21.1. The average Bonchev–Trinajstić information content (AvgIpc) is 1.59. The Morgan fingerprint density at radius 3 is 1.10 bits per heavy atom. The van der Waals surface area contributed by atoms with Crippen LogP contribution in [0.2, 0.25) is 0 Å². The summed E-state index contributed by atoms with van der Waals surface area (Å²) in [4.78, 5) is 0. The van der Waals surface area contributed by atoms with Gasteiger partial charge >= 0.3 is 0 Å². The largest absolute Gasteiger partial charge is 0.455 e. The van der Waals surface area contributed by atoms with E-state index in [-0.39, 0.29) is 29.9 Å². The van der Waals surface area contributed by atoms with Crippen LogP contribution in [0, 0.1) is 0 Å². The lowest BCUT2D eigenvalue weighted by molar-refractivity contribution is 0.670. The summed E-state index contributed by atoms with van der Waals surface area (Å²) < 4.78 is 57.6. The summed E-state index contributed by atoms with van der Waals surface area (Å²) in [5, 5.41) is 16.5. The van der Waals surface area contributed by atoms with Crippen molar-refractivity contribution >= 4 is 131 Å². The van der Waals surface area contributed by atoms with E-state index >= 15 is 0 Å². The average molecular weight is 1320 g/mol. The minimum Gasteiger partial charge on any atom is -0.455 e. The van der Waals surface area contributed by atoms with E-state index in [0.717, 1.165) is 99.2 Å². The van der Waals surface area contributed by atoms with Crippen LogP contribution < -0.4 is 0 Å². The van der Waals surface area contributed by atoms with E-state index in [4.69, 9.17) is 11.3 Å². The van der Waals surface area contributed by atoms with Gasteiger partial charge in [-0.2, -0.15) is 0 Å². The van der Waals surface area contributed by atoms with Gasteiger partial charge in [-0.05, 0) is 188 Å². The van der Waals surface area contributed by atoms with Gasteiger partial charge in [0.15, 0.2) is 0 Å². The Hall–Kier alpha value is -13.7. The summed E-state index contributed by atoms with van der Waals surface area (Å²) in [6.07, 6.45) is 0. The van der Waals surface area contributed by atoms with Crippen molar-refractivity contribution in [3.63, 3.8) is 0 Å². The highest BCUT2D eigenvalue weighted by atomic mass is 16.3. The highest BCUT2D eigenvalue weighted by molar-refractivity contribution is 6.16. The van der Waals surface area contributed by atoms with Gasteiger partial charge < -0.3 is 22.7 Å². The number of hydrogen-bond acceptors (Lipinski definition) is 1. The lowest BCUT2D eigenvalue weighted by Crippen LogP contribution is -1.94. The molecule has 22 rings (SSSR count). The number of benzene rings is 17. The van der Waals surface area contributed by atoms with Crippen LogP contribution in [0.15, 0.2) is 380 Å². The predicted octanol–water partition coefficient (Wildman–Crippen LogP) is 26.6. The molecule has 5 heterocycles. The van der Waals surface area contributed by atoms with Gasteiger partial charge in [0, 0.05) is 82.2 Å². The molecule has 0 spiro atoms. The Kier molecular flexibility index (Phi) is 12.1. The van der Waals surface area contributed by atoms with Crippen molar-refractivity contribution in [1.29, 1.82) is 0 Å². The maximum Gasteiger partial charge on any atom is 0.143 e. The zero-order chi connectivity index (χ0) is 72.0. The summed E-state index contributed by atoms with van der Waals surface area (Å²) in [7, 11) is 0. The maximum absolute atomic E-state index is 8.74. The van der Waals surface area contributed by atoms with Crippen LogP contribution in [0.25, 0.3) is 198 Å². The first kappa shape index (κ1) is 53.3. The number of hydrogen-bond donors (Lipinski definition) is 0. The van der Waals surface area contributed by atoms with E-state index in [0.29, 0.717) is 0 Å². The molecule has 0 saturated heterocycles. The third kappa shape index (κ3) is 9.40. The zero-order valence-electron chi connectivity index (χ0n) is 60.6. The van der Waals surface area contributed by atoms with Crippen LogP contribution in [0.3, 0.4) is 0 Å². The van der Waals surface area contributed by atoms with Crippen LogP contribution >= 0.6 is 0 Å². The van der Waals surface area contributed by atoms with Gasteiger partial charge in [0.05, 0.1) is 51.0 Å². The SMILES string of the molecule is [2H]c1c([2H])c([2H])c(-n2c3ccccc3c3cc(-c4ccc5c(c4)c4ccccc4n5-c4ccc(-c5cccc6c5oc5ccccc56)cc4)ccc32)c([2H])c1[2H].c1ccc(-c2ccc(-n3c4ccccc4c4cc(-c5ccc6c(c5)c5ccccc5n6-c5ccc6c(ccc7ccccc76)c5)ccc43)cc2)cc1. The van der Waals surface area contributed by atoms with Crippen LogP contribution in [0.5, 0.6) is 0 Å². The number of aromatic nitrogens is 4. The summed E-state index contributed by atoms with van der Waals surface area (Å²) >= 11 is 0. The summed E-state index contributed by atoms with van der Waals surface area (Å²) in [5.74, 6) is 0. The fourth-order valence-electron chi connectivity index (χ4n) is 16.4. The molecule has 0 radical (unpaired) electrons. The van der Waals surface area contributed by atoms with Crippen molar-refractivity contribution in [2.75, 3.05) is 0 Å². The molecule has 0 aliphatic carbocycles. The number of fused-ring (bicyclic) bond motifs is 18. The van der Waals surface area contributed by atoms with E-state index in [1.807, 2.05) is 48.5 Å². The fraction of sp³-hybridized carbons (Fsp3) is 0. The van der Waals surface area contributed by atoms with E-state index in [2.05, 4.69) is 311 Å². The molecule has 480 valence electrons. The standard InChI is InChI=1S/C50H32N2.C48H30N2O/c1-2-10-33(11-3-1)34-20-24-39(25-21-34)51-47-16-8-6-14-43(47)45-31-36(22-28-49(45)51)37-23-29-50-46(32-37)44-15-7-9-17-48(44)52(50)40-26-27-42-38(30-40)19-18-35-12-4-5-13-41(35)42;1-2-11-34(12-3-1)49-43-18-7-4-13-37(43)41-29-32(23-27-45(41)49)33-24-28-46-42(30-33)38-14-5-8-19-44(38)50(46)35-25-21-31(22-26-35)36-16-10-17-40-39-15-6-9-20-47(39)51-48(36)40/h1-32H;1-30H/i;1D,2D,3D,11D,12D. The van der Waals surface area contributed by atoms with Crippen molar-refractivity contribution in [2.24, 2.45) is 0 Å². The minimum atomic E-state index is -0.405. The van der Waals surface area contributed by atoms with Crippen molar-refractivity contribution < 1.29 is 11.3 Å². The number of para-hydroxylation sites is 7.